The van der Waals surface area contributed by atoms with Gasteiger partial charge in [-0.2, -0.15) is 0 Å². The van der Waals surface area contributed by atoms with Crippen molar-refractivity contribution in [3.8, 4) is 5.75 Å². The topological polar surface area (TPSA) is 71.8 Å². The zero-order chi connectivity index (χ0) is 19.4. The lowest BCUT2D eigenvalue weighted by Gasteiger charge is -2.22. The number of amides is 1. The van der Waals surface area contributed by atoms with Crippen LogP contribution in [-0.2, 0) is 4.79 Å². The van der Waals surface area contributed by atoms with Crippen molar-refractivity contribution in [1.29, 1.82) is 0 Å². The number of fused-ring (bicyclic) bond motifs is 1. The highest BCUT2D eigenvalue weighted by Crippen LogP contribution is 2.31. The standard InChI is InChI=1S/C21H22N2O4/c1-4-7-20(24)22-16-12-14(10-11-19(16)26-3)23(2)17-13-21(25)27-18-9-6-5-8-15(17)18/h4,7-13H,5-6H2,1-3H3,(H,22,24)/b7-4+. The summed E-state index contributed by atoms with van der Waals surface area (Å²) in [6.45, 7) is 1.78. The summed E-state index contributed by atoms with van der Waals surface area (Å²) in [5.41, 5.74) is 2.33. The van der Waals surface area contributed by atoms with Gasteiger partial charge in [-0.3, -0.25) is 4.79 Å². The molecule has 2 aromatic rings. The summed E-state index contributed by atoms with van der Waals surface area (Å²) in [5.74, 6) is 0.316. The van der Waals surface area contributed by atoms with E-state index in [1.165, 1.54) is 12.1 Å². The fraction of sp³-hybridized carbons (Fsp3) is 0.238. The summed E-state index contributed by atoms with van der Waals surface area (Å²) in [6.07, 6.45) is 8.87. The molecule has 1 amide bonds. The van der Waals surface area contributed by atoms with Crippen LogP contribution in [0.3, 0.4) is 0 Å². The van der Waals surface area contributed by atoms with Crippen molar-refractivity contribution in [3.63, 3.8) is 0 Å². The first-order valence-corrected chi connectivity index (χ1v) is 8.73. The van der Waals surface area contributed by atoms with Crippen LogP contribution in [0.5, 0.6) is 5.75 Å². The normalized spacial score (nSPS) is 12.7. The van der Waals surface area contributed by atoms with E-state index in [1.54, 1.807) is 26.2 Å². The minimum atomic E-state index is -0.391. The second kappa shape index (κ2) is 7.95. The first kappa shape index (κ1) is 18.5. The van der Waals surface area contributed by atoms with Gasteiger partial charge in [0.2, 0.25) is 5.91 Å². The van der Waals surface area contributed by atoms with Gasteiger partial charge in [0.1, 0.15) is 11.2 Å². The van der Waals surface area contributed by atoms with E-state index in [4.69, 9.17) is 9.15 Å². The van der Waals surface area contributed by atoms with Crippen LogP contribution in [0.4, 0.5) is 17.1 Å². The second-order valence-electron chi connectivity index (χ2n) is 6.15. The fourth-order valence-corrected chi connectivity index (χ4v) is 3.05. The molecule has 140 valence electrons. The Morgan fingerprint density at radius 2 is 2.04 bits per heavy atom. The molecule has 0 saturated carbocycles. The molecule has 1 aliphatic carbocycles. The first-order chi connectivity index (χ1) is 13.0. The Kier molecular flexibility index (Phi) is 5.45. The number of allylic oxidation sites excluding steroid dienone is 1. The highest BCUT2D eigenvalue weighted by molar-refractivity contribution is 6.00. The van der Waals surface area contributed by atoms with E-state index >= 15 is 0 Å². The van der Waals surface area contributed by atoms with Crippen molar-refractivity contribution in [2.45, 2.75) is 19.8 Å². The Morgan fingerprint density at radius 1 is 1.26 bits per heavy atom. The van der Waals surface area contributed by atoms with Crippen molar-refractivity contribution in [2.75, 3.05) is 24.4 Å². The molecule has 1 aromatic carbocycles. The van der Waals surface area contributed by atoms with Crippen LogP contribution in [0.2, 0.25) is 0 Å². The molecule has 0 aliphatic heterocycles. The summed E-state index contributed by atoms with van der Waals surface area (Å²) < 4.78 is 10.7. The molecule has 0 bridgehead atoms. The monoisotopic (exact) mass is 366 g/mol. The van der Waals surface area contributed by atoms with Gasteiger partial charge in [-0.05, 0) is 50.1 Å². The molecule has 0 unspecified atom stereocenters. The number of hydrogen-bond acceptors (Lipinski definition) is 5. The predicted molar refractivity (Wildman–Crippen MR) is 107 cm³/mol. The number of nitrogens with zero attached hydrogens (tertiary/aromatic N) is 1. The average Bonchev–Trinajstić information content (AvgIpc) is 2.66. The van der Waals surface area contributed by atoms with Crippen LogP contribution in [0.15, 0.2) is 45.6 Å². The quantitative estimate of drug-likeness (QED) is 0.822. The molecule has 0 spiro atoms. The van der Waals surface area contributed by atoms with Crippen LogP contribution in [0.1, 0.15) is 19.8 Å². The molecule has 0 saturated heterocycles. The third kappa shape index (κ3) is 3.95. The number of rotatable bonds is 5. The van der Waals surface area contributed by atoms with Gasteiger partial charge < -0.3 is 19.4 Å². The summed E-state index contributed by atoms with van der Waals surface area (Å²) in [4.78, 5) is 25.8. The minimum absolute atomic E-state index is 0.240. The Labute approximate surface area is 157 Å². The molecule has 0 fully saturated rings. The number of methoxy groups -OCH3 is 1. The minimum Gasteiger partial charge on any atom is -0.495 e. The van der Waals surface area contributed by atoms with E-state index in [1.807, 2.05) is 30.2 Å². The molecular formula is C21H22N2O4. The molecular weight excluding hydrogens is 344 g/mol. The zero-order valence-electron chi connectivity index (χ0n) is 15.6. The van der Waals surface area contributed by atoms with Gasteiger partial charge >= 0.3 is 5.63 Å². The number of carbonyl (C=O) groups is 1. The van der Waals surface area contributed by atoms with Gasteiger partial charge in [-0.15, -0.1) is 0 Å². The van der Waals surface area contributed by atoms with Gasteiger partial charge in [0.05, 0.1) is 18.5 Å². The largest absolute Gasteiger partial charge is 0.495 e. The van der Waals surface area contributed by atoms with Gasteiger partial charge in [0.15, 0.2) is 0 Å². The lowest BCUT2D eigenvalue weighted by molar-refractivity contribution is -0.111. The molecule has 1 N–H and O–H groups in total. The number of ether oxygens (including phenoxy) is 1. The highest BCUT2D eigenvalue weighted by Gasteiger charge is 2.14. The summed E-state index contributed by atoms with van der Waals surface area (Å²) in [5, 5.41) is 3.71. The lowest BCUT2D eigenvalue weighted by atomic mass is 10.1. The maximum absolute atomic E-state index is 12.0. The van der Waals surface area contributed by atoms with Crippen LogP contribution in [0.25, 0.3) is 12.2 Å². The van der Waals surface area contributed by atoms with E-state index in [0.717, 1.165) is 29.4 Å². The van der Waals surface area contributed by atoms with Crippen LogP contribution in [0, 0.1) is 0 Å². The third-order valence-electron chi connectivity index (χ3n) is 4.36. The van der Waals surface area contributed by atoms with E-state index < -0.39 is 5.63 Å². The van der Waals surface area contributed by atoms with Gasteiger partial charge in [0, 0.05) is 24.0 Å². The van der Waals surface area contributed by atoms with Crippen LogP contribution >= 0.6 is 0 Å². The Bertz CT molecular complexity index is 1070. The van der Waals surface area contributed by atoms with Crippen molar-refractivity contribution >= 4 is 35.1 Å². The Hall–Kier alpha value is -3.28. The van der Waals surface area contributed by atoms with Crippen LogP contribution < -0.4 is 31.2 Å². The number of anilines is 3. The summed E-state index contributed by atoms with van der Waals surface area (Å²) in [6, 6.07) is 6.95. The number of nitrogens with one attached hydrogen (secondary N) is 1. The van der Waals surface area contributed by atoms with E-state index in [2.05, 4.69) is 11.4 Å². The van der Waals surface area contributed by atoms with Crippen molar-refractivity contribution < 1.29 is 13.9 Å². The molecule has 1 aromatic heterocycles. The molecule has 1 heterocycles. The van der Waals surface area contributed by atoms with Gasteiger partial charge in [-0.1, -0.05) is 12.2 Å². The molecule has 6 heteroatoms. The maximum atomic E-state index is 12.0. The SMILES string of the molecule is C/C=C/C(=O)Nc1cc(N(C)c2cc(=O)oc3c2=CCCC=3)ccc1OC. The van der Waals surface area contributed by atoms with Crippen molar-refractivity contribution in [1.82, 2.24) is 0 Å². The molecule has 1 aliphatic rings. The average molecular weight is 366 g/mol. The lowest BCUT2D eigenvalue weighted by Crippen LogP contribution is -2.35. The number of carbonyl (C=O) groups excluding carboxylic acids is 1. The van der Waals surface area contributed by atoms with Crippen LogP contribution in [-0.4, -0.2) is 20.1 Å². The molecule has 0 radical (unpaired) electrons. The van der Waals surface area contributed by atoms with Crippen molar-refractivity contribution in [2.24, 2.45) is 0 Å². The number of benzene rings is 1. The molecule has 0 atom stereocenters. The zero-order valence-corrected chi connectivity index (χ0v) is 15.6. The van der Waals surface area contributed by atoms with E-state index in [0.29, 0.717) is 16.9 Å². The highest BCUT2D eigenvalue weighted by atomic mass is 16.5. The Balaban J connectivity index is 2.06. The predicted octanol–water partition coefficient (Wildman–Crippen LogP) is 2.29. The smallest absolute Gasteiger partial charge is 0.338 e. The van der Waals surface area contributed by atoms with Crippen molar-refractivity contribution in [3.05, 3.63) is 57.5 Å². The molecule has 27 heavy (non-hydrogen) atoms. The first-order valence-electron chi connectivity index (χ1n) is 8.73. The molecule has 3 rings (SSSR count). The van der Waals surface area contributed by atoms with E-state index in [9.17, 15) is 9.59 Å². The summed E-state index contributed by atoms with van der Waals surface area (Å²) >= 11 is 0. The summed E-state index contributed by atoms with van der Waals surface area (Å²) in [7, 11) is 3.42. The third-order valence-corrected chi connectivity index (χ3v) is 4.36. The molecule has 6 nitrogen and oxygen atoms in total. The second-order valence-corrected chi connectivity index (χ2v) is 6.15. The fourth-order valence-electron chi connectivity index (χ4n) is 3.05. The maximum Gasteiger partial charge on any atom is 0.338 e. The van der Waals surface area contributed by atoms with E-state index in [-0.39, 0.29) is 5.91 Å². The van der Waals surface area contributed by atoms with Gasteiger partial charge in [-0.25, -0.2) is 4.79 Å². The van der Waals surface area contributed by atoms with Gasteiger partial charge in [0.25, 0.3) is 0 Å². The Morgan fingerprint density at radius 3 is 2.78 bits per heavy atom. The number of hydrogen-bond donors (Lipinski definition) is 1.